The SMILES string of the molecule is CN(C)CC1CCCCC1C(=O)Nc1ncnc2c1ncn2[C@@H]1O[C@@H]2COP(O)(=S)O[C@H]3C(n4cc(F)c5c(=O)[nH]cnc54)O[C@H](COP(=O)(S)O[C@H]2[C@H]1F)[C@H]3O. The van der Waals surface area contributed by atoms with E-state index in [0.717, 1.165) is 49.3 Å². The summed E-state index contributed by atoms with van der Waals surface area (Å²) in [5.41, 5.74) is -0.731. The third kappa shape index (κ3) is 8.09. The standard InChI is InChI=1S/C31H39F2N9O11P2S2/c1-40(2)7-14-5-3-4-6-15(14)28(44)39-25-21-27(36-11-34-25)42(13-38-21)30-20(33)23-18(51-30)10-49-55(47,57)53-24-22(43)17(9-48-54(46,56)52-23)50-31(24)41-8-16(32)19-26(41)35-12-37-29(19)45/h8,11-15,17-18,20,22-24,30-31,43H,3-7,9-10H2,1-2H3,(H,46,56)(H,47,57)(H,35,37,45)(H,34,36,39,44)/t14?,15?,17-,18-,20-,22-,23-,24-,30-,31?,54?,55?/m1/s1. The van der Waals surface area contributed by atoms with Crippen LogP contribution in [0.15, 0.2) is 30.0 Å². The monoisotopic (exact) mass is 877 g/mol. The van der Waals surface area contributed by atoms with Crippen molar-refractivity contribution in [1.29, 1.82) is 0 Å². The lowest BCUT2D eigenvalue weighted by Crippen LogP contribution is -2.37. The number of halogens is 2. The van der Waals surface area contributed by atoms with Gasteiger partial charge in [-0.3, -0.25) is 27.7 Å². The highest BCUT2D eigenvalue weighted by Crippen LogP contribution is 2.58. The van der Waals surface area contributed by atoms with Gasteiger partial charge in [-0.1, -0.05) is 25.1 Å². The predicted molar refractivity (Wildman–Crippen MR) is 202 cm³/mol. The maximum Gasteiger partial charge on any atom is 0.386 e. The van der Waals surface area contributed by atoms with Gasteiger partial charge in [0.2, 0.25) is 5.91 Å². The summed E-state index contributed by atoms with van der Waals surface area (Å²) < 4.78 is 81.7. The molecule has 7 heterocycles. The number of H-pyrrole nitrogens is 1. The molecule has 4 aromatic rings. The zero-order chi connectivity index (χ0) is 40.4. The molecular weight excluding hydrogens is 838 g/mol. The Morgan fingerprint density at radius 2 is 1.82 bits per heavy atom. The van der Waals surface area contributed by atoms with Crippen molar-refractivity contribution in [2.24, 2.45) is 11.8 Å². The van der Waals surface area contributed by atoms with Crippen molar-refractivity contribution in [3.63, 3.8) is 0 Å². The van der Waals surface area contributed by atoms with Gasteiger partial charge in [-0.25, -0.2) is 33.3 Å². The van der Waals surface area contributed by atoms with E-state index in [0.29, 0.717) is 0 Å². The third-order valence-corrected chi connectivity index (χ3v) is 13.6. The van der Waals surface area contributed by atoms with Gasteiger partial charge in [0.05, 0.1) is 25.9 Å². The average molecular weight is 878 g/mol. The Hall–Kier alpha value is -2.83. The van der Waals surface area contributed by atoms with E-state index in [2.05, 4.69) is 47.4 Å². The number of thiol groups is 1. The molecule has 4 N–H and O–H groups in total. The van der Waals surface area contributed by atoms with E-state index in [9.17, 15) is 28.5 Å². The molecule has 1 aliphatic carbocycles. The van der Waals surface area contributed by atoms with Gasteiger partial charge in [0, 0.05) is 18.7 Å². The summed E-state index contributed by atoms with van der Waals surface area (Å²) >= 11 is 9.32. The number of nitrogens with one attached hydrogen (secondary N) is 2. The second-order valence-electron chi connectivity index (χ2n) is 14.5. The van der Waals surface area contributed by atoms with E-state index in [1.807, 2.05) is 14.1 Å². The number of imidazole rings is 1. The number of aliphatic hydroxyl groups excluding tert-OH is 1. The molecule has 57 heavy (non-hydrogen) atoms. The summed E-state index contributed by atoms with van der Waals surface area (Å²) in [5, 5.41) is 13.7. The number of alkyl halides is 1. The number of rotatable bonds is 6. The van der Waals surface area contributed by atoms with Gasteiger partial charge in [0.1, 0.15) is 42.2 Å². The fourth-order valence-electron chi connectivity index (χ4n) is 7.90. The maximum absolute atomic E-state index is 16.5. The Morgan fingerprint density at radius 1 is 1.07 bits per heavy atom. The van der Waals surface area contributed by atoms with E-state index in [1.54, 1.807) is 0 Å². The zero-order valence-corrected chi connectivity index (χ0v) is 33.7. The number of anilines is 1. The molecule has 0 spiro atoms. The second-order valence-corrected chi connectivity index (χ2v) is 20.2. The fourth-order valence-corrected chi connectivity index (χ4v) is 10.8. The highest BCUT2D eigenvalue weighted by atomic mass is 32.7. The topological polar surface area (TPSA) is 240 Å². The lowest BCUT2D eigenvalue weighted by atomic mass is 9.78. The average Bonchev–Trinajstić information content (AvgIpc) is 3.89. The van der Waals surface area contributed by atoms with Crippen molar-refractivity contribution < 1.29 is 55.7 Å². The van der Waals surface area contributed by atoms with Crippen molar-refractivity contribution in [3.8, 4) is 0 Å². The number of carbonyl (C=O) groups is 1. The van der Waals surface area contributed by atoms with Crippen LogP contribution >= 0.6 is 25.8 Å². The predicted octanol–water partition coefficient (Wildman–Crippen LogP) is 2.58. The summed E-state index contributed by atoms with van der Waals surface area (Å²) in [7, 11) is 3.93. The van der Waals surface area contributed by atoms with Crippen LogP contribution in [0.3, 0.4) is 0 Å². The molecule has 4 aromatic heterocycles. The van der Waals surface area contributed by atoms with Crippen LogP contribution in [0.4, 0.5) is 14.6 Å². The summed E-state index contributed by atoms with van der Waals surface area (Å²) in [6.45, 7) is -9.53. The Labute approximate surface area is 332 Å². The minimum atomic E-state index is -4.51. The number of aromatic amines is 1. The molecule has 20 nitrogen and oxygen atoms in total. The van der Waals surface area contributed by atoms with Crippen LogP contribution in [0.25, 0.3) is 22.2 Å². The van der Waals surface area contributed by atoms with Gasteiger partial charge in [-0.2, -0.15) is 0 Å². The summed E-state index contributed by atoms with van der Waals surface area (Å²) in [4.78, 5) is 58.3. The van der Waals surface area contributed by atoms with E-state index < -0.39 is 92.6 Å². The lowest BCUT2D eigenvalue weighted by Gasteiger charge is -2.32. The van der Waals surface area contributed by atoms with Crippen LogP contribution in [0.2, 0.25) is 0 Å². The van der Waals surface area contributed by atoms with Crippen molar-refractivity contribution in [3.05, 3.63) is 41.3 Å². The third-order valence-electron chi connectivity index (χ3n) is 10.5. The minimum Gasteiger partial charge on any atom is -0.387 e. The molecule has 2 bridgehead atoms. The molecule has 0 radical (unpaired) electrons. The molecule has 3 saturated heterocycles. The van der Waals surface area contributed by atoms with Gasteiger partial charge in [-0.05, 0) is 44.7 Å². The van der Waals surface area contributed by atoms with E-state index >= 15 is 4.39 Å². The molecule has 4 fully saturated rings. The second kappa shape index (κ2) is 16.0. The van der Waals surface area contributed by atoms with Crippen molar-refractivity contribution >= 4 is 71.5 Å². The Morgan fingerprint density at radius 3 is 2.61 bits per heavy atom. The summed E-state index contributed by atoms with van der Waals surface area (Å²) in [5.74, 6) is -1.15. The number of hydrogen-bond donors (Lipinski definition) is 5. The number of amides is 1. The molecule has 12 atom stereocenters. The summed E-state index contributed by atoms with van der Waals surface area (Å²) in [6.07, 6.45) is -4.96. The molecular formula is C31H39F2N9O11P2S2. The van der Waals surface area contributed by atoms with Gasteiger partial charge in [-0.15, -0.1) is 0 Å². The molecule has 310 valence electrons. The number of fused-ring (bicyclic) bond motifs is 5. The number of hydrogen-bond acceptors (Lipinski definition) is 16. The van der Waals surface area contributed by atoms with Gasteiger partial charge < -0.3 is 43.8 Å². The molecule has 3 aliphatic heterocycles. The maximum atomic E-state index is 16.5. The first-order chi connectivity index (χ1) is 27.1. The van der Waals surface area contributed by atoms with E-state index in [1.165, 1.54) is 17.2 Å². The minimum absolute atomic E-state index is 0.0938. The van der Waals surface area contributed by atoms with Gasteiger partial charge >= 0.3 is 13.5 Å². The molecule has 1 amide bonds. The van der Waals surface area contributed by atoms with Crippen LogP contribution in [-0.4, -0.2) is 125 Å². The molecule has 26 heteroatoms. The van der Waals surface area contributed by atoms with Crippen LogP contribution < -0.4 is 10.9 Å². The smallest absolute Gasteiger partial charge is 0.386 e. The van der Waals surface area contributed by atoms with Gasteiger partial charge in [0.25, 0.3) is 5.56 Å². The number of nitrogens with zero attached hydrogens (tertiary/aromatic N) is 7. The lowest BCUT2D eigenvalue weighted by molar-refractivity contribution is -0.122. The molecule has 5 unspecified atom stereocenters. The van der Waals surface area contributed by atoms with Crippen molar-refractivity contribution in [2.75, 3.05) is 39.2 Å². The zero-order valence-electron chi connectivity index (χ0n) is 30.2. The number of ether oxygens (including phenoxy) is 2. The van der Waals surface area contributed by atoms with Crippen LogP contribution in [-0.2, 0) is 48.7 Å². The first kappa shape index (κ1) is 40.9. The van der Waals surface area contributed by atoms with E-state index in [4.69, 9.17) is 39.4 Å². The van der Waals surface area contributed by atoms with Crippen LogP contribution in [0.1, 0.15) is 38.1 Å². The van der Waals surface area contributed by atoms with Crippen LogP contribution in [0, 0.1) is 17.7 Å². The number of aliphatic hydroxyl groups is 1. The normalized spacial score (nSPS) is 36.5. The summed E-state index contributed by atoms with van der Waals surface area (Å²) in [6, 6.07) is 0. The highest BCUT2D eigenvalue weighted by Gasteiger charge is 2.53. The van der Waals surface area contributed by atoms with E-state index in [-0.39, 0.29) is 40.4 Å². The molecule has 1 saturated carbocycles. The van der Waals surface area contributed by atoms with Gasteiger partial charge in [0.15, 0.2) is 47.1 Å². The Kier molecular flexibility index (Phi) is 11.5. The van der Waals surface area contributed by atoms with Crippen LogP contribution in [0.5, 0.6) is 0 Å². The number of carbonyl (C=O) groups excluding carboxylic acids is 1. The molecule has 8 rings (SSSR count). The van der Waals surface area contributed by atoms with Crippen molar-refractivity contribution in [2.45, 2.75) is 74.8 Å². The fraction of sp³-hybridized carbons (Fsp3) is 0.613. The first-order valence-corrected chi connectivity index (χ1v) is 23.2. The molecule has 0 aromatic carbocycles. The Balaban J connectivity index is 1.04. The first-order valence-electron chi connectivity index (χ1n) is 17.9. The Bertz CT molecular complexity index is 2320. The quantitative estimate of drug-likeness (QED) is 0.138. The highest BCUT2D eigenvalue weighted by molar-refractivity contribution is 8.44. The van der Waals surface area contributed by atoms with Crippen molar-refractivity contribution in [1.82, 2.24) is 39.0 Å². The molecule has 4 aliphatic rings. The number of aromatic nitrogens is 7. The largest absolute Gasteiger partial charge is 0.387 e.